The van der Waals surface area contributed by atoms with E-state index in [1.54, 1.807) is 6.20 Å². The molecule has 0 aliphatic carbocycles. The number of nitrogens with one attached hydrogen (secondary N) is 1. The van der Waals surface area contributed by atoms with Crippen LogP contribution in [0.3, 0.4) is 0 Å². The smallest absolute Gasteiger partial charge is 0.145 e. The molecule has 0 fully saturated rings. The van der Waals surface area contributed by atoms with Crippen LogP contribution in [0.4, 0.5) is 0 Å². The van der Waals surface area contributed by atoms with Crippen molar-refractivity contribution in [3.63, 3.8) is 0 Å². The van der Waals surface area contributed by atoms with Crippen molar-refractivity contribution in [2.45, 2.75) is 26.8 Å². The zero-order valence-corrected chi connectivity index (χ0v) is 12.8. The van der Waals surface area contributed by atoms with E-state index in [0.717, 1.165) is 29.5 Å². The highest BCUT2D eigenvalue weighted by molar-refractivity contribution is 5.35. The molecular weight excluding hydrogens is 264 g/mol. The Balaban J connectivity index is 1.99. The number of nitrogens with zero attached hydrogens (tertiary/aromatic N) is 1. The zero-order chi connectivity index (χ0) is 15.1. The molecule has 112 valence electrons. The van der Waals surface area contributed by atoms with Crippen LogP contribution in [0, 0.1) is 0 Å². The van der Waals surface area contributed by atoms with Crippen molar-refractivity contribution in [2.75, 3.05) is 13.2 Å². The standard InChI is InChI=1S/C17H22N2O2/c1-4-18-13(3)17-11-10-16(12-19-17)21-15-8-6-14(7-9-15)20-5-2/h6-13,18H,4-5H2,1-3H3. The first-order valence-corrected chi connectivity index (χ1v) is 7.33. The van der Waals surface area contributed by atoms with E-state index < -0.39 is 0 Å². The van der Waals surface area contributed by atoms with Gasteiger partial charge in [-0.2, -0.15) is 0 Å². The van der Waals surface area contributed by atoms with E-state index in [1.165, 1.54) is 0 Å². The van der Waals surface area contributed by atoms with Crippen LogP contribution in [-0.2, 0) is 0 Å². The molecule has 1 heterocycles. The lowest BCUT2D eigenvalue weighted by molar-refractivity contribution is 0.339. The summed E-state index contributed by atoms with van der Waals surface area (Å²) in [5.41, 5.74) is 1.01. The van der Waals surface area contributed by atoms with Crippen molar-refractivity contribution in [3.05, 3.63) is 48.3 Å². The zero-order valence-electron chi connectivity index (χ0n) is 12.8. The Bertz CT molecular complexity index is 538. The predicted molar refractivity (Wildman–Crippen MR) is 84.0 cm³/mol. The number of ether oxygens (including phenoxy) is 2. The van der Waals surface area contributed by atoms with Crippen LogP contribution in [0.1, 0.15) is 32.5 Å². The summed E-state index contributed by atoms with van der Waals surface area (Å²) in [4.78, 5) is 4.43. The molecule has 4 heteroatoms. The van der Waals surface area contributed by atoms with E-state index >= 15 is 0 Å². The molecule has 0 aliphatic rings. The van der Waals surface area contributed by atoms with Crippen LogP contribution < -0.4 is 14.8 Å². The van der Waals surface area contributed by atoms with Gasteiger partial charge in [0.1, 0.15) is 17.2 Å². The summed E-state index contributed by atoms with van der Waals surface area (Å²) in [5.74, 6) is 2.34. The second kappa shape index (κ2) is 7.64. The van der Waals surface area contributed by atoms with Crippen LogP contribution in [0.25, 0.3) is 0 Å². The molecule has 1 unspecified atom stereocenters. The molecule has 1 aromatic heterocycles. The van der Waals surface area contributed by atoms with Gasteiger partial charge in [0.05, 0.1) is 18.5 Å². The minimum atomic E-state index is 0.245. The topological polar surface area (TPSA) is 43.4 Å². The lowest BCUT2D eigenvalue weighted by atomic mass is 10.2. The Kier molecular flexibility index (Phi) is 5.58. The summed E-state index contributed by atoms with van der Waals surface area (Å²) >= 11 is 0. The third kappa shape index (κ3) is 4.46. The highest BCUT2D eigenvalue weighted by Gasteiger charge is 2.05. The molecule has 21 heavy (non-hydrogen) atoms. The highest BCUT2D eigenvalue weighted by atomic mass is 16.5. The summed E-state index contributed by atoms with van der Waals surface area (Å²) in [5, 5.41) is 3.33. The average Bonchev–Trinajstić information content (AvgIpc) is 2.50. The fraction of sp³-hybridized carbons (Fsp3) is 0.353. The second-order valence-corrected chi connectivity index (χ2v) is 4.70. The van der Waals surface area contributed by atoms with Gasteiger partial charge in [-0.15, -0.1) is 0 Å². The van der Waals surface area contributed by atoms with Gasteiger partial charge in [-0.1, -0.05) is 6.92 Å². The first-order chi connectivity index (χ1) is 10.2. The van der Waals surface area contributed by atoms with Gasteiger partial charge in [0.15, 0.2) is 0 Å². The molecule has 0 radical (unpaired) electrons. The Morgan fingerprint density at radius 1 is 1.00 bits per heavy atom. The van der Waals surface area contributed by atoms with E-state index in [0.29, 0.717) is 6.61 Å². The summed E-state index contributed by atoms with van der Waals surface area (Å²) in [7, 11) is 0. The van der Waals surface area contributed by atoms with Crippen molar-refractivity contribution in [3.8, 4) is 17.2 Å². The molecule has 0 spiro atoms. The maximum absolute atomic E-state index is 5.77. The largest absolute Gasteiger partial charge is 0.494 e. The molecule has 4 nitrogen and oxygen atoms in total. The molecule has 0 amide bonds. The Hall–Kier alpha value is -2.07. The number of hydrogen-bond acceptors (Lipinski definition) is 4. The Morgan fingerprint density at radius 2 is 1.67 bits per heavy atom. The van der Waals surface area contributed by atoms with Crippen molar-refractivity contribution in [1.82, 2.24) is 10.3 Å². The normalized spacial score (nSPS) is 12.0. The van der Waals surface area contributed by atoms with Gasteiger partial charge in [-0.3, -0.25) is 4.98 Å². The molecule has 1 aromatic carbocycles. The quantitative estimate of drug-likeness (QED) is 0.837. The van der Waals surface area contributed by atoms with Gasteiger partial charge in [0.2, 0.25) is 0 Å². The van der Waals surface area contributed by atoms with Gasteiger partial charge in [0.25, 0.3) is 0 Å². The molecule has 0 saturated heterocycles. The van der Waals surface area contributed by atoms with Crippen molar-refractivity contribution in [2.24, 2.45) is 0 Å². The third-order valence-corrected chi connectivity index (χ3v) is 3.08. The lowest BCUT2D eigenvalue weighted by Gasteiger charge is -2.12. The lowest BCUT2D eigenvalue weighted by Crippen LogP contribution is -2.18. The maximum atomic E-state index is 5.77. The summed E-state index contributed by atoms with van der Waals surface area (Å²) in [6, 6.07) is 11.7. The monoisotopic (exact) mass is 286 g/mol. The molecular formula is C17H22N2O2. The molecule has 1 atom stereocenters. The molecule has 2 rings (SSSR count). The second-order valence-electron chi connectivity index (χ2n) is 4.70. The molecule has 0 aliphatic heterocycles. The molecule has 0 bridgehead atoms. The summed E-state index contributed by atoms with van der Waals surface area (Å²) in [6.07, 6.45) is 1.75. The first kappa shape index (κ1) is 15.3. The van der Waals surface area contributed by atoms with Crippen molar-refractivity contribution >= 4 is 0 Å². The Morgan fingerprint density at radius 3 is 2.24 bits per heavy atom. The van der Waals surface area contributed by atoms with E-state index in [2.05, 4.69) is 24.1 Å². The van der Waals surface area contributed by atoms with Crippen LogP contribution >= 0.6 is 0 Å². The number of aromatic nitrogens is 1. The fourth-order valence-corrected chi connectivity index (χ4v) is 2.03. The fourth-order valence-electron chi connectivity index (χ4n) is 2.03. The van der Waals surface area contributed by atoms with Gasteiger partial charge < -0.3 is 14.8 Å². The van der Waals surface area contributed by atoms with Crippen LogP contribution in [0.5, 0.6) is 17.2 Å². The third-order valence-electron chi connectivity index (χ3n) is 3.08. The van der Waals surface area contributed by atoms with E-state index in [4.69, 9.17) is 9.47 Å². The molecule has 2 aromatic rings. The summed E-state index contributed by atoms with van der Waals surface area (Å²) < 4.78 is 11.2. The van der Waals surface area contributed by atoms with E-state index in [1.807, 2.05) is 43.3 Å². The van der Waals surface area contributed by atoms with Gasteiger partial charge >= 0.3 is 0 Å². The number of benzene rings is 1. The molecule has 1 N–H and O–H groups in total. The van der Waals surface area contributed by atoms with E-state index in [-0.39, 0.29) is 6.04 Å². The number of hydrogen-bond donors (Lipinski definition) is 1. The van der Waals surface area contributed by atoms with Crippen molar-refractivity contribution in [1.29, 1.82) is 0 Å². The number of rotatable bonds is 7. The van der Waals surface area contributed by atoms with Crippen LogP contribution in [-0.4, -0.2) is 18.1 Å². The number of pyridine rings is 1. The SMILES string of the molecule is CCNC(C)c1ccc(Oc2ccc(OCC)cc2)cn1. The average molecular weight is 286 g/mol. The van der Waals surface area contributed by atoms with E-state index in [9.17, 15) is 0 Å². The first-order valence-electron chi connectivity index (χ1n) is 7.33. The molecule has 0 saturated carbocycles. The van der Waals surface area contributed by atoms with Crippen molar-refractivity contribution < 1.29 is 9.47 Å². The van der Waals surface area contributed by atoms with Gasteiger partial charge in [-0.05, 0) is 56.8 Å². The predicted octanol–water partition coefficient (Wildman–Crippen LogP) is 3.94. The highest BCUT2D eigenvalue weighted by Crippen LogP contribution is 2.24. The van der Waals surface area contributed by atoms with Gasteiger partial charge in [-0.25, -0.2) is 0 Å². The maximum Gasteiger partial charge on any atom is 0.145 e. The summed E-state index contributed by atoms with van der Waals surface area (Å²) in [6.45, 7) is 7.73. The minimum absolute atomic E-state index is 0.245. The Labute approximate surface area is 126 Å². The van der Waals surface area contributed by atoms with Crippen LogP contribution in [0.15, 0.2) is 42.6 Å². The van der Waals surface area contributed by atoms with Crippen LogP contribution in [0.2, 0.25) is 0 Å². The minimum Gasteiger partial charge on any atom is -0.494 e. The van der Waals surface area contributed by atoms with Gasteiger partial charge in [0, 0.05) is 6.04 Å².